The van der Waals surface area contributed by atoms with Crippen molar-refractivity contribution in [2.24, 2.45) is 0 Å². The lowest BCUT2D eigenvalue weighted by Gasteiger charge is -2.37. The van der Waals surface area contributed by atoms with E-state index in [1.165, 1.54) is 18.9 Å². The third-order valence-corrected chi connectivity index (χ3v) is 6.85. The van der Waals surface area contributed by atoms with Crippen LogP contribution in [0.4, 0.5) is 4.79 Å². The minimum atomic E-state index is -0.937. The number of aliphatic hydroxyl groups excluding tert-OH is 1. The second kappa shape index (κ2) is 11.5. The summed E-state index contributed by atoms with van der Waals surface area (Å²) >= 11 is 5.90. The molecule has 0 fully saturated rings. The Morgan fingerprint density at radius 1 is 1.08 bits per heavy atom. The maximum Gasteiger partial charge on any atom is 0.410 e. The number of aryl methyl sites for hydroxylation is 1. The standard InChI is InChI=1S/C30H33ClN2O5/c1-30(2,3)38-29(36)33(18-26(34)23-12-14-27(31)32-17-23)25-13-11-20-7-10-22(15-24(20)16-25)19-5-8-21(9-6-19)28(35)37-4/h5-10,12,14-15,17,25-26,34H,11,13,16,18H2,1-4H3/t25-,26+/m0/s1. The van der Waals surface area contributed by atoms with Gasteiger partial charge >= 0.3 is 12.1 Å². The van der Waals surface area contributed by atoms with Crippen LogP contribution in [-0.4, -0.2) is 52.4 Å². The number of methoxy groups -OCH3 is 1. The van der Waals surface area contributed by atoms with Crippen LogP contribution in [0.2, 0.25) is 5.15 Å². The molecule has 1 N–H and O–H groups in total. The zero-order valence-electron chi connectivity index (χ0n) is 22.1. The molecule has 200 valence electrons. The van der Waals surface area contributed by atoms with Crippen molar-refractivity contribution < 1.29 is 24.2 Å². The monoisotopic (exact) mass is 536 g/mol. The summed E-state index contributed by atoms with van der Waals surface area (Å²) in [5, 5.41) is 11.3. The van der Waals surface area contributed by atoms with Crippen LogP contribution in [0.25, 0.3) is 11.1 Å². The number of amides is 1. The van der Waals surface area contributed by atoms with E-state index in [0.29, 0.717) is 22.7 Å². The molecule has 1 aliphatic carbocycles. The van der Waals surface area contributed by atoms with E-state index in [9.17, 15) is 14.7 Å². The summed E-state index contributed by atoms with van der Waals surface area (Å²) in [6.45, 7) is 5.57. The zero-order chi connectivity index (χ0) is 27.4. The second-order valence-electron chi connectivity index (χ2n) is 10.5. The average molecular weight is 537 g/mol. The summed E-state index contributed by atoms with van der Waals surface area (Å²) in [6.07, 6.45) is 2.32. The molecule has 2 aromatic carbocycles. The van der Waals surface area contributed by atoms with Gasteiger partial charge in [0.2, 0.25) is 0 Å². The number of pyridine rings is 1. The van der Waals surface area contributed by atoms with Crippen LogP contribution < -0.4 is 0 Å². The number of esters is 1. The van der Waals surface area contributed by atoms with Gasteiger partial charge in [0.05, 0.1) is 25.3 Å². The fourth-order valence-electron chi connectivity index (χ4n) is 4.67. The molecule has 3 aromatic rings. The minimum Gasteiger partial charge on any atom is -0.465 e. The summed E-state index contributed by atoms with van der Waals surface area (Å²) < 4.78 is 10.5. The van der Waals surface area contributed by atoms with Gasteiger partial charge in [-0.25, -0.2) is 14.6 Å². The number of benzene rings is 2. The minimum absolute atomic E-state index is 0.0763. The Hall–Kier alpha value is -3.42. The number of hydrogen-bond acceptors (Lipinski definition) is 6. The Labute approximate surface area is 228 Å². The van der Waals surface area contributed by atoms with Gasteiger partial charge in [0.15, 0.2) is 0 Å². The Kier molecular flexibility index (Phi) is 8.38. The van der Waals surface area contributed by atoms with Crippen LogP contribution in [0.15, 0.2) is 60.8 Å². The Morgan fingerprint density at radius 3 is 2.42 bits per heavy atom. The van der Waals surface area contributed by atoms with E-state index in [-0.39, 0.29) is 18.6 Å². The van der Waals surface area contributed by atoms with Crippen LogP contribution in [0.3, 0.4) is 0 Å². The number of aliphatic hydroxyl groups is 1. The zero-order valence-corrected chi connectivity index (χ0v) is 22.9. The number of fused-ring (bicyclic) bond motifs is 1. The molecule has 0 saturated heterocycles. The number of carbonyl (C=O) groups is 2. The lowest BCUT2D eigenvalue weighted by atomic mass is 9.85. The highest BCUT2D eigenvalue weighted by molar-refractivity contribution is 6.29. The summed E-state index contributed by atoms with van der Waals surface area (Å²) in [4.78, 5) is 30.8. The van der Waals surface area contributed by atoms with Crippen LogP contribution in [0.5, 0.6) is 0 Å². The van der Waals surface area contributed by atoms with Crippen molar-refractivity contribution in [2.75, 3.05) is 13.7 Å². The molecule has 0 bridgehead atoms. The number of hydrogen-bond donors (Lipinski definition) is 1. The number of ether oxygens (including phenoxy) is 2. The molecule has 1 aliphatic rings. The van der Waals surface area contributed by atoms with Crippen LogP contribution in [0.1, 0.15) is 60.3 Å². The Balaban J connectivity index is 1.58. The average Bonchev–Trinajstić information content (AvgIpc) is 2.90. The molecule has 1 amide bonds. The third kappa shape index (κ3) is 6.71. The SMILES string of the molecule is COC(=O)c1ccc(-c2ccc3c(c2)C[C@@H](N(C[C@@H](O)c2ccc(Cl)nc2)C(=O)OC(C)(C)C)CC3)cc1. The predicted molar refractivity (Wildman–Crippen MR) is 146 cm³/mol. The largest absolute Gasteiger partial charge is 0.465 e. The van der Waals surface area contributed by atoms with Crippen LogP contribution in [-0.2, 0) is 22.3 Å². The lowest BCUT2D eigenvalue weighted by Crippen LogP contribution is -2.47. The molecule has 8 heteroatoms. The maximum absolute atomic E-state index is 13.3. The number of nitrogens with zero attached hydrogens (tertiary/aromatic N) is 2. The van der Waals surface area contributed by atoms with Gasteiger partial charge in [-0.15, -0.1) is 0 Å². The van der Waals surface area contributed by atoms with Gasteiger partial charge in [-0.05, 0) is 80.5 Å². The van der Waals surface area contributed by atoms with E-state index in [2.05, 4.69) is 23.2 Å². The summed E-state index contributed by atoms with van der Waals surface area (Å²) in [5.41, 5.74) is 4.80. The summed E-state index contributed by atoms with van der Waals surface area (Å²) in [5.74, 6) is -0.372. The van der Waals surface area contributed by atoms with Crippen LogP contribution >= 0.6 is 11.6 Å². The number of rotatable bonds is 6. The van der Waals surface area contributed by atoms with Gasteiger partial charge in [0.25, 0.3) is 0 Å². The Bertz CT molecular complexity index is 1290. The van der Waals surface area contributed by atoms with Crippen molar-refractivity contribution in [3.05, 3.63) is 88.2 Å². The first-order chi connectivity index (χ1) is 18.0. The molecular weight excluding hydrogens is 504 g/mol. The smallest absolute Gasteiger partial charge is 0.410 e. The van der Waals surface area contributed by atoms with Gasteiger partial charge in [0, 0.05) is 17.8 Å². The molecule has 38 heavy (non-hydrogen) atoms. The molecule has 0 radical (unpaired) electrons. The van der Waals surface area contributed by atoms with E-state index in [0.717, 1.165) is 29.5 Å². The number of halogens is 1. The van der Waals surface area contributed by atoms with Crippen molar-refractivity contribution in [2.45, 2.75) is 57.8 Å². The quantitative estimate of drug-likeness (QED) is 0.306. The lowest BCUT2D eigenvalue weighted by molar-refractivity contribution is 0.00191. The maximum atomic E-state index is 13.3. The van der Waals surface area contributed by atoms with Crippen molar-refractivity contribution >= 4 is 23.7 Å². The summed E-state index contributed by atoms with van der Waals surface area (Å²) in [6, 6.07) is 16.8. The molecular formula is C30H33ClN2O5. The van der Waals surface area contributed by atoms with Crippen molar-refractivity contribution in [3.8, 4) is 11.1 Å². The van der Waals surface area contributed by atoms with Gasteiger partial charge in [-0.1, -0.05) is 48.0 Å². The molecule has 0 aliphatic heterocycles. The Morgan fingerprint density at radius 2 is 1.79 bits per heavy atom. The van der Waals surface area contributed by atoms with E-state index in [1.807, 2.05) is 32.9 Å². The topological polar surface area (TPSA) is 89.0 Å². The molecule has 1 heterocycles. The first-order valence-electron chi connectivity index (χ1n) is 12.6. The molecule has 1 aromatic heterocycles. The highest BCUT2D eigenvalue weighted by Crippen LogP contribution is 2.31. The van der Waals surface area contributed by atoms with Gasteiger partial charge in [-0.3, -0.25) is 0 Å². The van der Waals surface area contributed by atoms with E-state index < -0.39 is 17.8 Å². The van der Waals surface area contributed by atoms with E-state index in [1.54, 1.807) is 29.2 Å². The van der Waals surface area contributed by atoms with Crippen molar-refractivity contribution in [1.29, 1.82) is 0 Å². The van der Waals surface area contributed by atoms with Gasteiger partial charge < -0.3 is 19.5 Å². The van der Waals surface area contributed by atoms with Crippen molar-refractivity contribution in [3.63, 3.8) is 0 Å². The molecule has 2 atom stereocenters. The molecule has 7 nitrogen and oxygen atoms in total. The molecule has 0 unspecified atom stereocenters. The fraction of sp³-hybridized carbons (Fsp3) is 0.367. The normalized spacial score (nSPS) is 15.8. The van der Waals surface area contributed by atoms with E-state index >= 15 is 0 Å². The van der Waals surface area contributed by atoms with Crippen LogP contribution in [0, 0.1) is 0 Å². The number of aromatic nitrogens is 1. The number of carbonyl (C=O) groups excluding carboxylic acids is 2. The fourth-order valence-corrected chi connectivity index (χ4v) is 4.78. The second-order valence-corrected chi connectivity index (χ2v) is 10.9. The molecule has 0 spiro atoms. The first-order valence-corrected chi connectivity index (χ1v) is 13.0. The highest BCUT2D eigenvalue weighted by Gasteiger charge is 2.33. The molecule has 0 saturated carbocycles. The summed E-state index contributed by atoms with van der Waals surface area (Å²) in [7, 11) is 1.36. The highest BCUT2D eigenvalue weighted by atomic mass is 35.5. The van der Waals surface area contributed by atoms with Crippen molar-refractivity contribution in [1.82, 2.24) is 9.88 Å². The predicted octanol–water partition coefficient (Wildman–Crippen LogP) is 6.02. The van der Waals surface area contributed by atoms with Gasteiger partial charge in [0.1, 0.15) is 10.8 Å². The van der Waals surface area contributed by atoms with Gasteiger partial charge in [-0.2, -0.15) is 0 Å². The van der Waals surface area contributed by atoms with E-state index in [4.69, 9.17) is 21.1 Å². The first kappa shape index (κ1) is 27.6. The third-order valence-electron chi connectivity index (χ3n) is 6.62. The molecule has 4 rings (SSSR count).